The maximum absolute atomic E-state index is 11.8. The lowest BCUT2D eigenvalue weighted by Crippen LogP contribution is -2.46. The smallest absolute Gasteiger partial charge is 0.264 e. The number of methoxy groups -OCH3 is 1. The molecule has 0 spiro atoms. The number of amides is 1. The van der Waals surface area contributed by atoms with Crippen LogP contribution in [0, 0.1) is 0 Å². The molecule has 2 rings (SSSR count). The van der Waals surface area contributed by atoms with Gasteiger partial charge < -0.3 is 24.6 Å². The monoisotopic (exact) mass is 267 g/mol. The molecule has 1 heterocycles. The highest BCUT2D eigenvalue weighted by Gasteiger charge is 2.27. The van der Waals surface area contributed by atoms with Crippen molar-refractivity contribution >= 4 is 5.91 Å². The molecule has 2 N–H and O–H groups in total. The fraction of sp³-hybridized carbons (Fsp3) is 0.462. The number of carbonyl (C=O) groups excluding carboxylic acids is 1. The molecule has 0 radical (unpaired) electrons. The average Bonchev–Trinajstić information content (AvgIpc) is 2.44. The molecule has 2 atom stereocenters. The minimum absolute atomic E-state index is 0.119. The molecule has 0 fully saturated rings. The SMILES string of the molecule is COCC(O)CNC(=O)C1COc2ccccc2O1. The number of fused-ring (bicyclic) bond motifs is 1. The molecule has 1 aliphatic rings. The van der Waals surface area contributed by atoms with Crippen molar-refractivity contribution in [3.05, 3.63) is 24.3 Å². The predicted octanol–water partition coefficient (Wildman–Crippen LogP) is -0.0501. The Hall–Kier alpha value is -1.79. The summed E-state index contributed by atoms with van der Waals surface area (Å²) >= 11 is 0. The number of aliphatic hydroxyl groups excluding tert-OH is 1. The lowest BCUT2D eigenvalue weighted by Gasteiger charge is -2.25. The fourth-order valence-electron chi connectivity index (χ4n) is 1.73. The third-order valence-corrected chi connectivity index (χ3v) is 2.67. The Morgan fingerprint density at radius 3 is 3.00 bits per heavy atom. The summed E-state index contributed by atoms with van der Waals surface area (Å²) in [5.41, 5.74) is 0. The maximum atomic E-state index is 11.8. The Bertz CT molecular complexity index is 437. The van der Waals surface area contributed by atoms with Gasteiger partial charge in [-0.05, 0) is 12.1 Å². The number of ether oxygens (including phenoxy) is 3. The first kappa shape index (κ1) is 13.6. The molecule has 1 aliphatic heterocycles. The molecular formula is C13H17NO5. The largest absolute Gasteiger partial charge is 0.485 e. The third-order valence-electron chi connectivity index (χ3n) is 2.67. The van der Waals surface area contributed by atoms with Crippen molar-refractivity contribution in [1.29, 1.82) is 0 Å². The van der Waals surface area contributed by atoms with Crippen LogP contribution in [0.25, 0.3) is 0 Å². The molecule has 0 saturated carbocycles. The molecular weight excluding hydrogens is 250 g/mol. The maximum Gasteiger partial charge on any atom is 0.264 e. The van der Waals surface area contributed by atoms with E-state index in [1.165, 1.54) is 7.11 Å². The van der Waals surface area contributed by atoms with Crippen LogP contribution in [-0.2, 0) is 9.53 Å². The number of aliphatic hydroxyl groups is 1. The van der Waals surface area contributed by atoms with Crippen LogP contribution in [0.15, 0.2) is 24.3 Å². The quantitative estimate of drug-likeness (QED) is 0.782. The van der Waals surface area contributed by atoms with E-state index in [0.29, 0.717) is 11.5 Å². The van der Waals surface area contributed by atoms with Crippen molar-refractivity contribution in [2.75, 3.05) is 26.9 Å². The zero-order valence-electron chi connectivity index (χ0n) is 10.7. The van der Waals surface area contributed by atoms with Crippen molar-refractivity contribution in [3.8, 4) is 11.5 Å². The average molecular weight is 267 g/mol. The van der Waals surface area contributed by atoms with Gasteiger partial charge in [0.05, 0.1) is 12.7 Å². The van der Waals surface area contributed by atoms with Crippen molar-refractivity contribution in [3.63, 3.8) is 0 Å². The van der Waals surface area contributed by atoms with Crippen LogP contribution in [0.2, 0.25) is 0 Å². The topological polar surface area (TPSA) is 77.0 Å². The van der Waals surface area contributed by atoms with E-state index in [1.54, 1.807) is 12.1 Å². The van der Waals surface area contributed by atoms with Crippen molar-refractivity contribution in [2.45, 2.75) is 12.2 Å². The second-order valence-electron chi connectivity index (χ2n) is 4.22. The van der Waals surface area contributed by atoms with Gasteiger partial charge in [-0.2, -0.15) is 0 Å². The third kappa shape index (κ3) is 3.59. The second-order valence-corrected chi connectivity index (χ2v) is 4.22. The summed E-state index contributed by atoms with van der Waals surface area (Å²) in [7, 11) is 1.49. The zero-order chi connectivity index (χ0) is 13.7. The number of rotatable bonds is 5. The van der Waals surface area contributed by atoms with E-state index >= 15 is 0 Å². The highest BCUT2D eigenvalue weighted by atomic mass is 16.6. The van der Waals surface area contributed by atoms with E-state index in [4.69, 9.17) is 14.2 Å². The van der Waals surface area contributed by atoms with Gasteiger partial charge >= 0.3 is 0 Å². The number of hydrogen-bond donors (Lipinski definition) is 2. The van der Waals surface area contributed by atoms with Crippen LogP contribution in [0.1, 0.15) is 0 Å². The van der Waals surface area contributed by atoms with E-state index in [0.717, 1.165) is 0 Å². The lowest BCUT2D eigenvalue weighted by atomic mass is 10.2. The van der Waals surface area contributed by atoms with Crippen LogP contribution in [0.3, 0.4) is 0 Å². The number of benzene rings is 1. The molecule has 19 heavy (non-hydrogen) atoms. The summed E-state index contributed by atoms with van der Waals surface area (Å²) < 4.78 is 15.7. The molecule has 104 valence electrons. The first-order valence-corrected chi connectivity index (χ1v) is 6.04. The summed E-state index contributed by atoms with van der Waals surface area (Å²) in [6.45, 7) is 0.447. The van der Waals surface area contributed by atoms with Gasteiger partial charge in [-0.1, -0.05) is 12.1 Å². The highest BCUT2D eigenvalue weighted by molar-refractivity contribution is 5.81. The van der Waals surface area contributed by atoms with E-state index in [1.807, 2.05) is 12.1 Å². The number of carbonyl (C=O) groups is 1. The molecule has 0 aromatic heterocycles. The van der Waals surface area contributed by atoms with Gasteiger partial charge in [0.1, 0.15) is 6.61 Å². The Kier molecular flexibility index (Phi) is 4.59. The van der Waals surface area contributed by atoms with Gasteiger partial charge in [0.25, 0.3) is 5.91 Å². The highest BCUT2D eigenvalue weighted by Crippen LogP contribution is 2.30. The Labute approximate surface area is 111 Å². The molecule has 6 nitrogen and oxygen atoms in total. The molecule has 1 aromatic rings. The Morgan fingerprint density at radius 1 is 1.53 bits per heavy atom. The number of nitrogens with one attached hydrogen (secondary N) is 1. The second kappa shape index (κ2) is 6.40. The first-order valence-electron chi connectivity index (χ1n) is 6.04. The zero-order valence-corrected chi connectivity index (χ0v) is 10.7. The lowest BCUT2D eigenvalue weighted by molar-refractivity contribution is -0.131. The van der Waals surface area contributed by atoms with Gasteiger partial charge in [0, 0.05) is 13.7 Å². The van der Waals surface area contributed by atoms with Crippen LogP contribution < -0.4 is 14.8 Å². The summed E-state index contributed by atoms with van der Waals surface area (Å²) in [6.07, 6.45) is -1.43. The Balaban J connectivity index is 1.85. The number of para-hydroxylation sites is 2. The molecule has 1 aromatic carbocycles. The first-order chi connectivity index (χ1) is 9.20. The molecule has 0 aliphatic carbocycles. The van der Waals surface area contributed by atoms with Crippen LogP contribution in [-0.4, -0.2) is 50.1 Å². The van der Waals surface area contributed by atoms with Crippen molar-refractivity contribution in [1.82, 2.24) is 5.32 Å². The minimum Gasteiger partial charge on any atom is -0.485 e. The number of hydrogen-bond acceptors (Lipinski definition) is 5. The fourth-order valence-corrected chi connectivity index (χ4v) is 1.73. The summed E-state index contributed by atoms with van der Waals surface area (Å²) in [6, 6.07) is 7.18. The summed E-state index contributed by atoms with van der Waals surface area (Å²) in [5, 5.41) is 12.0. The predicted molar refractivity (Wildman–Crippen MR) is 67.2 cm³/mol. The molecule has 0 bridgehead atoms. The van der Waals surface area contributed by atoms with Crippen molar-refractivity contribution in [2.24, 2.45) is 0 Å². The standard InChI is InChI=1S/C13H17NO5/c1-17-7-9(15)6-14-13(16)12-8-18-10-4-2-3-5-11(10)19-12/h2-5,9,12,15H,6-8H2,1H3,(H,14,16). The normalized spacial score (nSPS) is 18.7. The van der Waals surface area contributed by atoms with Crippen LogP contribution in [0.4, 0.5) is 0 Å². The molecule has 0 saturated heterocycles. The van der Waals surface area contributed by atoms with E-state index in [-0.39, 0.29) is 25.7 Å². The van der Waals surface area contributed by atoms with Crippen LogP contribution >= 0.6 is 0 Å². The summed E-state index contributed by atoms with van der Waals surface area (Å²) in [5.74, 6) is 0.863. The molecule has 2 unspecified atom stereocenters. The summed E-state index contributed by atoms with van der Waals surface area (Å²) in [4.78, 5) is 11.8. The van der Waals surface area contributed by atoms with Crippen molar-refractivity contribution < 1.29 is 24.1 Å². The van der Waals surface area contributed by atoms with Gasteiger partial charge in [0.2, 0.25) is 6.10 Å². The van der Waals surface area contributed by atoms with E-state index in [2.05, 4.69) is 5.32 Å². The van der Waals surface area contributed by atoms with E-state index < -0.39 is 12.2 Å². The van der Waals surface area contributed by atoms with Gasteiger partial charge in [-0.25, -0.2) is 0 Å². The minimum atomic E-state index is -0.731. The van der Waals surface area contributed by atoms with E-state index in [9.17, 15) is 9.90 Å². The van der Waals surface area contributed by atoms with Gasteiger partial charge in [-0.3, -0.25) is 4.79 Å². The Morgan fingerprint density at radius 2 is 2.26 bits per heavy atom. The molecule has 6 heteroatoms. The van der Waals surface area contributed by atoms with Crippen LogP contribution in [0.5, 0.6) is 11.5 Å². The van der Waals surface area contributed by atoms with Gasteiger partial charge in [-0.15, -0.1) is 0 Å². The van der Waals surface area contributed by atoms with Gasteiger partial charge in [0.15, 0.2) is 11.5 Å². The molecule has 1 amide bonds.